The molecule has 11 heavy (non-hydrogen) atoms. The fraction of sp³-hybridized carbons (Fsp3) is 0.600. The minimum Gasteiger partial charge on any atom is -0.385 e. The summed E-state index contributed by atoms with van der Waals surface area (Å²) >= 11 is 0. The Hall–Kier alpha value is -0.560. The van der Waals surface area contributed by atoms with E-state index in [1.54, 1.807) is 6.08 Å². The predicted octanol–water partition coefficient (Wildman–Crippen LogP) is 2.42. The zero-order valence-electron chi connectivity index (χ0n) is 6.92. The van der Waals surface area contributed by atoms with E-state index < -0.39 is 6.10 Å². The van der Waals surface area contributed by atoms with Crippen molar-refractivity contribution in [2.75, 3.05) is 0 Å². The van der Waals surface area contributed by atoms with Crippen molar-refractivity contribution < 1.29 is 5.11 Å². The van der Waals surface area contributed by atoms with Crippen LogP contribution in [0.15, 0.2) is 24.3 Å². The quantitative estimate of drug-likeness (QED) is 0.602. The maximum atomic E-state index is 9.42. The first-order valence-electron chi connectivity index (χ1n) is 4.34. The van der Waals surface area contributed by atoms with Crippen molar-refractivity contribution in [3.63, 3.8) is 0 Å². The van der Waals surface area contributed by atoms with Crippen molar-refractivity contribution in [3.05, 3.63) is 24.3 Å². The summed E-state index contributed by atoms with van der Waals surface area (Å²) in [7, 11) is 0. The maximum absolute atomic E-state index is 9.42. The van der Waals surface area contributed by atoms with Crippen LogP contribution in [0.4, 0.5) is 0 Å². The highest BCUT2D eigenvalue weighted by Gasteiger charge is 2.08. The molecule has 1 rings (SSSR count). The molecule has 0 saturated carbocycles. The zero-order valence-corrected chi connectivity index (χ0v) is 6.92. The van der Waals surface area contributed by atoms with Crippen molar-refractivity contribution in [3.8, 4) is 0 Å². The molecule has 1 N–H and O–H groups in total. The van der Waals surface area contributed by atoms with Crippen molar-refractivity contribution in [2.24, 2.45) is 0 Å². The molecule has 1 nitrogen and oxygen atoms in total. The summed E-state index contributed by atoms with van der Waals surface area (Å²) in [5, 5.41) is 9.42. The van der Waals surface area contributed by atoms with Gasteiger partial charge in [-0.15, -0.1) is 6.58 Å². The first kappa shape index (κ1) is 8.54. The van der Waals surface area contributed by atoms with Crippen LogP contribution in [-0.4, -0.2) is 11.2 Å². The summed E-state index contributed by atoms with van der Waals surface area (Å²) in [5.41, 5.74) is 1.16. The van der Waals surface area contributed by atoms with Gasteiger partial charge >= 0.3 is 0 Å². The first-order chi connectivity index (χ1) is 5.34. The Morgan fingerprint density at radius 2 is 2.27 bits per heavy atom. The molecule has 62 valence electrons. The Balaban J connectivity index is 2.52. The molecule has 1 atom stereocenters. The van der Waals surface area contributed by atoms with Gasteiger partial charge < -0.3 is 5.11 Å². The molecule has 1 heteroatoms. The predicted molar refractivity (Wildman–Crippen MR) is 47.4 cm³/mol. The van der Waals surface area contributed by atoms with E-state index in [1.165, 1.54) is 19.3 Å². The summed E-state index contributed by atoms with van der Waals surface area (Å²) in [6.07, 6.45) is 9.34. The van der Waals surface area contributed by atoms with Crippen LogP contribution in [0, 0.1) is 0 Å². The van der Waals surface area contributed by atoms with Gasteiger partial charge in [-0.25, -0.2) is 0 Å². The van der Waals surface area contributed by atoms with E-state index in [1.807, 2.05) is 0 Å². The highest BCUT2D eigenvalue weighted by molar-refractivity contribution is 5.14. The Morgan fingerprint density at radius 3 is 3.00 bits per heavy atom. The topological polar surface area (TPSA) is 20.2 Å². The number of hydrogen-bond donors (Lipinski definition) is 1. The average Bonchev–Trinajstić information content (AvgIpc) is 2.30. The molecular weight excluding hydrogens is 136 g/mol. The number of aliphatic hydroxyl groups excluding tert-OH is 1. The van der Waals surface area contributed by atoms with Gasteiger partial charge in [0.1, 0.15) is 0 Å². The standard InChI is InChI=1S/C10H16O/c1-2-10(11)9-7-5-3-4-6-8-9/h2,7,10-11H,1,3-6,8H2. The van der Waals surface area contributed by atoms with Crippen LogP contribution in [0.3, 0.4) is 0 Å². The number of rotatable bonds is 2. The third kappa shape index (κ3) is 2.51. The maximum Gasteiger partial charge on any atom is 0.0929 e. The van der Waals surface area contributed by atoms with Gasteiger partial charge in [0.2, 0.25) is 0 Å². The molecule has 0 fully saturated rings. The lowest BCUT2D eigenvalue weighted by Gasteiger charge is -2.08. The minimum absolute atomic E-state index is 0.395. The molecule has 0 bridgehead atoms. The first-order valence-corrected chi connectivity index (χ1v) is 4.34. The fourth-order valence-corrected chi connectivity index (χ4v) is 1.46. The van der Waals surface area contributed by atoms with Crippen LogP contribution < -0.4 is 0 Å². The molecule has 1 unspecified atom stereocenters. The molecule has 1 aliphatic carbocycles. The minimum atomic E-state index is -0.395. The van der Waals surface area contributed by atoms with Crippen LogP contribution in [-0.2, 0) is 0 Å². The smallest absolute Gasteiger partial charge is 0.0929 e. The summed E-state index contributed by atoms with van der Waals surface area (Å²) < 4.78 is 0. The lowest BCUT2D eigenvalue weighted by atomic mass is 10.1. The monoisotopic (exact) mass is 152 g/mol. The summed E-state index contributed by atoms with van der Waals surface area (Å²) in [6, 6.07) is 0. The van der Waals surface area contributed by atoms with E-state index in [4.69, 9.17) is 0 Å². The lowest BCUT2D eigenvalue weighted by Crippen LogP contribution is -2.05. The second-order valence-corrected chi connectivity index (χ2v) is 3.06. The Kier molecular flexibility index (Phi) is 3.37. The van der Waals surface area contributed by atoms with Gasteiger partial charge in [0, 0.05) is 0 Å². The second kappa shape index (κ2) is 4.35. The van der Waals surface area contributed by atoms with E-state index >= 15 is 0 Å². The molecule has 0 aromatic heterocycles. The van der Waals surface area contributed by atoms with Crippen molar-refractivity contribution in [1.82, 2.24) is 0 Å². The van der Waals surface area contributed by atoms with Gasteiger partial charge in [-0.1, -0.05) is 18.6 Å². The van der Waals surface area contributed by atoms with Crippen LogP contribution in [0.1, 0.15) is 32.1 Å². The Morgan fingerprint density at radius 1 is 1.45 bits per heavy atom. The molecule has 0 aromatic rings. The highest BCUT2D eigenvalue weighted by atomic mass is 16.3. The normalized spacial score (nSPS) is 21.7. The Labute approximate surface area is 68.4 Å². The molecule has 0 spiro atoms. The number of aliphatic hydroxyl groups is 1. The summed E-state index contributed by atoms with van der Waals surface area (Å²) in [5.74, 6) is 0. The summed E-state index contributed by atoms with van der Waals surface area (Å²) in [4.78, 5) is 0. The van der Waals surface area contributed by atoms with Gasteiger partial charge in [-0.3, -0.25) is 0 Å². The van der Waals surface area contributed by atoms with Gasteiger partial charge in [0.05, 0.1) is 6.10 Å². The van der Waals surface area contributed by atoms with Crippen LogP contribution in [0.25, 0.3) is 0 Å². The zero-order chi connectivity index (χ0) is 8.10. The largest absolute Gasteiger partial charge is 0.385 e. The van der Waals surface area contributed by atoms with Crippen LogP contribution in [0.5, 0.6) is 0 Å². The molecule has 0 amide bonds. The van der Waals surface area contributed by atoms with Gasteiger partial charge in [-0.05, 0) is 31.3 Å². The molecule has 1 aliphatic rings. The molecule has 0 heterocycles. The lowest BCUT2D eigenvalue weighted by molar-refractivity contribution is 0.254. The van der Waals surface area contributed by atoms with E-state index in [9.17, 15) is 5.11 Å². The third-order valence-electron chi connectivity index (χ3n) is 2.18. The fourth-order valence-electron chi connectivity index (χ4n) is 1.46. The third-order valence-corrected chi connectivity index (χ3v) is 2.18. The Bertz CT molecular complexity index is 158. The molecule has 0 aromatic carbocycles. The van der Waals surface area contributed by atoms with Crippen molar-refractivity contribution in [1.29, 1.82) is 0 Å². The number of hydrogen-bond acceptors (Lipinski definition) is 1. The van der Waals surface area contributed by atoms with Crippen LogP contribution in [0.2, 0.25) is 0 Å². The molecule has 0 saturated heterocycles. The molecule has 0 radical (unpaired) electrons. The molecular formula is C10H16O. The SMILES string of the molecule is C=CC(O)C1=CCCCCC1. The molecule has 0 aliphatic heterocycles. The van der Waals surface area contributed by atoms with E-state index in [0.29, 0.717) is 0 Å². The van der Waals surface area contributed by atoms with E-state index in [-0.39, 0.29) is 0 Å². The van der Waals surface area contributed by atoms with Gasteiger partial charge in [0.25, 0.3) is 0 Å². The van der Waals surface area contributed by atoms with Crippen molar-refractivity contribution >= 4 is 0 Å². The van der Waals surface area contributed by atoms with E-state index in [0.717, 1.165) is 18.4 Å². The van der Waals surface area contributed by atoms with Crippen LogP contribution >= 0.6 is 0 Å². The highest BCUT2D eigenvalue weighted by Crippen LogP contribution is 2.19. The number of allylic oxidation sites excluding steroid dienone is 1. The average molecular weight is 152 g/mol. The van der Waals surface area contributed by atoms with Crippen molar-refractivity contribution in [2.45, 2.75) is 38.2 Å². The summed E-state index contributed by atoms with van der Waals surface area (Å²) in [6.45, 7) is 3.58. The van der Waals surface area contributed by atoms with Gasteiger partial charge in [-0.2, -0.15) is 0 Å². The van der Waals surface area contributed by atoms with Gasteiger partial charge in [0.15, 0.2) is 0 Å². The second-order valence-electron chi connectivity index (χ2n) is 3.06. The van der Waals surface area contributed by atoms with E-state index in [2.05, 4.69) is 12.7 Å².